The zero-order valence-electron chi connectivity index (χ0n) is 15.0. The van der Waals surface area contributed by atoms with E-state index in [2.05, 4.69) is 43.2 Å². The van der Waals surface area contributed by atoms with Crippen molar-refractivity contribution in [1.29, 1.82) is 0 Å². The molecule has 0 aliphatic carbocycles. The third kappa shape index (κ3) is 5.26. The number of hydrogen-bond acceptors (Lipinski definition) is 5. The normalized spacial score (nSPS) is 21.1. The van der Waals surface area contributed by atoms with Crippen molar-refractivity contribution in [3.63, 3.8) is 0 Å². The van der Waals surface area contributed by atoms with Crippen LogP contribution in [0.1, 0.15) is 64.8 Å². The van der Waals surface area contributed by atoms with Crippen molar-refractivity contribution in [2.45, 2.75) is 78.3 Å². The molecule has 1 fully saturated rings. The smallest absolute Gasteiger partial charge is 0.226 e. The number of piperidine rings is 1. The number of anilines is 1. The Hall–Kier alpha value is -1.50. The molecule has 0 radical (unpaired) electrons. The molecule has 2 atom stereocenters. The first-order chi connectivity index (χ1) is 11.4. The maximum atomic E-state index is 12.4. The van der Waals surface area contributed by atoms with Gasteiger partial charge in [-0.1, -0.05) is 25.2 Å². The van der Waals surface area contributed by atoms with E-state index in [9.17, 15) is 9.59 Å². The molecule has 2 unspecified atom stereocenters. The SMILES string of the molecule is CC(C)Cc1nnc(NC(=O)CCC(=O)N2C(C)CCCC2C)s1. The van der Waals surface area contributed by atoms with Crippen LogP contribution in [0.4, 0.5) is 5.13 Å². The van der Waals surface area contributed by atoms with Crippen molar-refractivity contribution < 1.29 is 9.59 Å². The number of carbonyl (C=O) groups excluding carboxylic acids is 2. The first-order valence-electron chi connectivity index (χ1n) is 8.80. The number of likely N-dealkylation sites (tertiary alicyclic amines) is 1. The minimum Gasteiger partial charge on any atom is -0.337 e. The second-order valence-electron chi connectivity index (χ2n) is 7.08. The molecule has 0 bridgehead atoms. The number of amides is 2. The number of hydrogen-bond donors (Lipinski definition) is 1. The molecule has 1 aliphatic rings. The van der Waals surface area contributed by atoms with Crippen LogP contribution in [0.15, 0.2) is 0 Å². The predicted octanol–water partition coefficient (Wildman–Crippen LogP) is 3.24. The lowest BCUT2D eigenvalue weighted by atomic mass is 9.97. The van der Waals surface area contributed by atoms with Crippen LogP contribution in [0, 0.1) is 5.92 Å². The summed E-state index contributed by atoms with van der Waals surface area (Å²) in [5, 5.41) is 12.3. The number of nitrogens with one attached hydrogen (secondary N) is 1. The summed E-state index contributed by atoms with van der Waals surface area (Å²) in [6, 6.07) is 0.539. The van der Waals surface area contributed by atoms with Gasteiger partial charge in [0.2, 0.25) is 16.9 Å². The van der Waals surface area contributed by atoms with Crippen LogP contribution in [0.5, 0.6) is 0 Å². The Kier molecular flexibility index (Phi) is 6.71. The fourth-order valence-electron chi connectivity index (χ4n) is 3.18. The second-order valence-corrected chi connectivity index (χ2v) is 8.14. The number of nitrogens with zero attached hydrogens (tertiary/aromatic N) is 3. The zero-order chi connectivity index (χ0) is 17.7. The van der Waals surface area contributed by atoms with E-state index < -0.39 is 0 Å². The molecule has 0 spiro atoms. The van der Waals surface area contributed by atoms with Crippen molar-refractivity contribution in [3.05, 3.63) is 5.01 Å². The van der Waals surface area contributed by atoms with E-state index in [0.29, 0.717) is 11.0 Å². The standard InChI is InChI=1S/C17H28N4O2S/c1-11(2)10-15-19-20-17(24-15)18-14(22)8-9-16(23)21-12(3)6-5-7-13(21)4/h11-13H,5-10H2,1-4H3,(H,18,20,22). The third-order valence-corrected chi connectivity index (χ3v) is 5.20. The largest absolute Gasteiger partial charge is 0.337 e. The zero-order valence-corrected chi connectivity index (χ0v) is 15.9. The predicted molar refractivity (Wildman–Crippen MR) is 95.9 cm³/mol. The highest BCUT2D eigenvalue weighted by molar-refractivity contribution is 7.15. The monoisotopic (exact) mass is 352 g/mol. The second kappa shape index (κ2) is 8.55. The van der Waals surface area contributed by atoms with Crippen molar-refractivity contribution in [2.24, 2.45) is 5.92 Å². The molecule has 134 valence electrons. The Balaban J connectivity index is 1.80. The van der Waals surface area contributed by atoms with E-state index >= 15 is 0 Å². The molecule has 6 nitrogen and oxygen atoms in total. The van der Waals surface area contributed by atoms with E-state index in [1.54, 1.807) is 0 Å². The summed E-state index contributed by atoms with van der Waals surface area (Å²) in [5.41, 5.74) is 0. The molecular formula is C17H28N4O2S. The number of carbonyl (C=O) groups is 2. The van der Waals surface area contributed by atoms with E-state index in [1.807, 2.05) is 4.90 Å². The van der Waals surface area contributed by atoms with Gasteiger partial charge in [-0.2, -0.15) is 0 Å². The Morgan fingerprint density at radius 2 is 1.88 bits per heavy atom. The molecule has 7 heteroatoms. The highest BCUT2D eigenvalue weighted by Crippen LogP contribution is 2.24. The van der Waals surface area contributed by atoms with Crippen molar-refractivity contribution in [3.8, 4) is 0 Å². The Morgan fingerprint density at radius 3 is 2.50 bits per heavy atom. The third-order valence-electron chi connectivity index (χ3n) is 4.34. The van der Waals surface area contributed by atoms with Gasteiger partial charge in [-0.3, -0.25) is 9.59 Å². The van der Waals surface area contributed by atoms with Gasteiger partial charge in [0.05, 0.1) is 0 Å². The quantitative estimate of drug-likeness (QED) is 0.853. The molecule has 1 aromatic rings. The van der Waals surface area contributed by atoms with Crippen LogP contribution in [-0.2, 0) is 16.0 Å². The minimum atomic E-state index is -0.173. The lowest BCUT2D eigenvalue weighted by molar-refractivity contribution is -0.138. The molecule has 2 heterocycles. The van der Waals surface area contributed by atoms with Gasteiger partial charge in [0.1, 0.15) is 5.01 Å². The molecule has 1 N–H and O–H groups in total. The van der Waals surface area contributed by atoms with Crippen molar-refractivity contribution in [1.82, 2.24) is 15.1 Å². The van der Waals surface area contributed by atoms with Gasteiger partial charge in [0.25, 0.3) is 0 Å². The molecule has 1 aromatic heterocycles. The summed E-state index contributed by atoms with van der Waals surface area (Å²) in [6.07, 6.45) is 4.56. The fourth-order valence-corrected chi connectivity index (χ4v) is 4.15. The molecule has 0 aromatic carbocycles. The molecule has 2 amide bonds. The van der Waals surface area contributed by atoms with Crippen LogP contribution < -0.4 is 5.32 Å². The van der Waals surface area contributed by atoms with Crippen molar-refractivity contribution in [2.75, 3.05) is 5.32 Å². The minimum absolute atomic E-state index is 0.0719. The summed E-state index contributed by atoms with van der Waals surface area (Å²) >= 11 is 1.40. The summed E-state index contributed by atoms with van der Waals surface area (Å²) in [7, 11) is 0. The molecule has 24 heavy (non-hydrogen) atoms. The van der Waals surface area contributed by atoms with Gasteiger partial charge in [-0.05, 0) is 39.0 Å². The number of aromatic nitrogens is 2. The van der Waals surface area contributed by atoms with E-state index in [0.717, 1.165) is 24.3 Å². The average Bonchev–Trinajstić information content (AvgIpc) is 2.91. The van der Waals surface area contributed by atoms with Gasteiger partial charge < -0.3 is 10.2 Å². The van der Waals surface area contributed by atoms with Gasteiger partial charge in [0, 0.05) is 31.3 Å². The number of rotatable bonds is 6. The Bertz CT molecular complexity index is 563. The van der Waals surface area contributed by atoms with Gasteiger partial charge >= 0.3 is 0 Å². The van der Waals surface area contributed by atoms with Gasteiger partial charge in [-0.15, -0.1) is 10.2 Å². The topological polar surface area (TPSA) is 75.2 Å². The lowest BCUT2D eigenvalue weighted by Gasteiger charge is -2.39. The molecule has 0 saturated carbocycles. The average molecular weight is 353 g/mol. The molecule has 1 aliphatic heterocycles. The first kappa shape index (κ1) is 18.8. The Labute approximate surface area is 148 Å². The molecule has 1 saturated heterocycles. The highest BCUT2D eigenvalue weighted by Gasteiger charge is 2.28. The van der Waals surface area contributed by atoms with Gasteiger partial charge in [-0.25, -0.2) is 0 Å². The molecular weight excluding hydrogens is 324 g/mol. The van der Waals surface area contributed by atoms with E-state index in [4.69, 9.17) is 0 Å². The van der Waals surface area contributed by atoms with Crippen LogP contribution >= 0.6 is 11.3 Å². The summed E-state index contributed by atoms with van der Waals surface area (Å²) in [4.78, 5) is 26.4. The molecule has 2 rings (SSSR count). The maximum Gasteiger partial charge on any atom is 0.226 e. The van der Waals surface area contributed by atoms with Crippen LogP contribution in [0.3, 0.4) is 0 Å². The lowest BCUT2D eigenvalue weighted by Crippen LogP contribution is -2.47. The summed E-state index contributed by atoms with van der Waals surface area (Å²) in [5.74, 6) is 0.406. The van der Waals surface area contributed by atoms with Crippen LogP contribution in [0.2, 0.25) is 0 Å². The fraction of sp³-hybridized carbons (Fsp3) is 0.765. The van der Waals surface area contributed by atoms with Gasteiger partial charge in [0.15, 0.2) is 0 Å². The van der Waals surface area contributed by atoms with E-state index in [1.165, 1.54) is 17.8 Å². The van der Waals surface area contributed by atoms with Crippen LogP contribution in [0.25, 0.3) is 0 Å². The Morgan fingerprint density at radius 1 is 1.21 bits per heavy atom. The summed E-state index contributed by atoms with van der Waals surface area (Å²) < 4.78 is 0. The van der Waals surface area contributed by atoms with E-state index in [-0.39, 0.29) is 36.7 Å². The van der Waals surface area contributed by atoms with Crippen molar-refractivity contribution >= 4 is 28.3 Å². The maximum absolute atomic E-state index is 12.4. The highest BCUT2D eigenvalue weighted by atomic mass is 32.1. The van der Waals surface area contributed by atoms with Crippen LogP contribution in [-0.4, -0.2) is 39.0 Å². The summed E-state index contributed by atoms with van der Waals surface area (Å²) in [6.45, 7) is 8.41. The first-order valence-corrected chi connectivity index (χ1v) is 9.62.